The molecule has 1 aromatic heterocycles. The van der Waals surface area contributed by atoms with Crippen molar-refractivity contribution in [3.8, 4) is 0 Å². The van der Waals surface area contributed by atoms with Gasteiger partial charge in [-0.05, 0) is 37.3 Å². The lowest BCUT2D eigenvalue weighted by molar-refractivity contribution is 0.0952. The molecular weight excluding hydrogens is 240 g/mol. The summed E-state index contributed by atoms with van der Waals surface area (Å²) in [6, 6.07) is 9.32. The van der Waals surface area contributed by atoms with E-state index in [4.69, 9.17) is 0 Å². The number of aromatic nitrogens is 2. The molecule has 0 bridgehead atoms. The maximum Gasteiger partial charge on any atom is 0.251 e. The Morgan fingerprint density at radius 1 is 1.32 bits per heavy atom. The fourth-order valence-electron chi connectivity index (χ4n) is 1.76. The summed E-state index contributed by atoms with van der Waals surface area (Å²) in [7, 11) is 0. The first-order valence-corrected chi connectivity index (χ1v) is 6.39. The molecular formula is C14H18N4O. The summed E-state index contributed by atoms with van der Waals surface area (Å²) in [5.74, 6) is -0.0600. The van der Waals surface area contributed by atoms with Crippen LogP contribution in [0.25, 0.3) is 0 Å². The number of hydrogen-bond donors (Lipinski definition) is 2. The number of amides is 1. The van der Waals surface area contributed by atoms with E-state index >= 15 is 0 Å². The van der Waals surface area contributed by atoms with Crippen LogP contribution in [0.1, 0.15) is 17.3 Å². The predicted octanol–water partition coefficient (Wildman–Crippen LogP) is 1.74. The Hall–Kier alpha value is -2.30. The van der Waals surface area contributed by atoms with Gasteiger partial charge in [0.2, 0.25) is 0 Å². The number of benzene rings is 1. The number of anilines is 1. The molecule has 1 amide bonds. The van der Waals surface area contributed by atoms with Crippen molar-refractivity contribution in [2.45, 2.75) is 13.5 Å². The second kappa shape index (κ2) is 6.58. The van der Waals surface area contributed by atoms with Gasteiger partial charge in [-0.1, -0.05) is 0 Å². The number of carbonyl (C=O) groups excluding carboxylic acids is 1. The number of hydrogen-bond acceptors (Lipinski definition) is 3. The fourth-order valence-corrected chi connectivity index (χ4v) is 1.76. The van der Waals surface area contributed by atoms with Crippen LogP contribution < -0.4 is 10.6 Å². The van der Waals surface area contributed by atoms with Crippen molar-refractivity contribution in [3.63, 3.8) is 0 Å². The third-order valence-electron chi connectivity index (χ3n) is 2.71. The quantitative estimate of drug-likeness (QED) is 0.830. The molecule has 0 aliphatic carbocycles. The van der Waals surface area contributed by atoms with Gasteiger partial charge in [-0.3, -0.25) is 9.48 Å². The van der Waals surface area contributed by atoms with Crippen LogP contribution >= 0.6 is 0 Å². The van der Waals surface area contributed by atoms with E-state index in [1.807, 2.05) is 43.5 Å². The van der Waals surface area contributed by atoms with Gasteiger partial charge in [-0.2, -0.15) is 5.10 Å². The molecule has 0 saturated carbocycles. The largest absolute Gasteiger partial charge is 0.385 e. The van der Waals surface area contributed by atoms with Gasteiger partial charge in [0.05, 0.1) is 6.54 Å². The maximum atomic E-state index is 11.9. The van der Waals surface area contributed by atoms with Gasteiger partial charge in [0.15, 0.2) is 0 Å². The van der Waals surface area contributed by atoms with Crippen molar-refractivity contribution < 1.29 is 4.79 Å². The molecule has 2 rings (SSSR count). The molecule has 0 aliphatic heterocycles. The van der Waals surface area contributed by atoms with Gasteiger partial charge in [-0.15, -0.1) is 0 Å². The molecule has 1 aromatic carbocycles. The first-order chi connectivity index (χ1) is 9.29. The molecule has 0 aliphatic rings. The van der Waals surface area contributed by atoms with Gasteiger partial charge >= 0.3 is 0 Å². The van der Waals surface area contributed by atoms with Crippen LogP contribution in [-0.4, -0.2) is 28.8 Å². The van der Waals surface area contributed by atoms with E-state index in [1.54, 1.807) is 10.9 Å². The van der Waals surface area contributed by atoms with E-state index in [1.165, 1.54) is 0 Å². The maximum absolute atomic E-state index is 11.9. The van der Waals surface area contributed by atoms with E-state index in [0.29, 0.717) is 18.7 Å². The lowest BCUT2D eigenvalue weighted by atomic mass is 10.2. The van der Waals surface area contributed by atoms with Crippen molar-refractivity contribution >= 4 is 11.6 Å². The average Bonchev–Trinajstić information content (AvgIpc) is 2.93. The van der Waals surface area contributed by atoms with E-state index in [9.17, 15) is 4.79 Å². The van der Waals surface area contributed by atoms with Gasteiger partial charge in [-0.25, -0.2) is 0 Å². The average molecular weight is 258 g/mol. The standard InChI is InChI=1S/C14H18N4O/c1-2-15-13-6-4-12(5-7-13)14(19)16-9-11-18-10-3-8-17-18/h3-8,10,15H,2,9,11H2,1H3,(H,16,19). The Balaban J connectivity index is 1.82. The van der Waals surface area contributed by atoms with Gasteiger partial charge in [0, 0.05) is 36.7 Å². The Morgan fingerprint density at radius 3 is 2.74 bits per heavy atom. The molecule has 5 heteroatoms. The zero-order chi connectivity index (χ0) is 13.5. The monoisotopic (exact) mass is 258 g/mol. The summed E-state index contributed by atoms with van der Waals surface area (Å²) < 4.78 is 1.79. The minimum Gasteiger partial charge on any atom is -0.385 e. The molecule has 0 atom stereocenters. The molecule has 2 N–H and O–H groups in total. The first-order valence-electron chi connectivity index (χ1n) is 6.39. The highest BCUT2D eigenvalue weighted by Gasteiger charge is 2.04. The van der Waals surface area contributed by atoms with Crippen LogP contribution in [0.3, 0.4) is 0 Å². The zero-order valence-electron chi connectivity index (χ0n) is 11.0. The highest BCUT2D eigenvalue weighted by Crippen LogP contribution is 2.08. The smallest absolute Gasteiger partial charge is 0.251 e. The normalized spacial score (nSPS) is 10.2. The Bertz CT molecular complexity index is 505. The number of nitrogens with zero attached hydrogens (tertiary/aromatic N) is 2. The Labute approximate surface area is 112 Å². The van der Waals surface area contributed by atoms with Crippen molar-refractivity contribution in [1.29, 1.82) is 0 Å². The molecule has 0 unspecified atom stereocenters. The van der Waals surface area contributed by atoms with Gasteiger partial charge in [0.1, 0.15) is 0 Å². The van der Waals surface area contributed by atoms with Crippen molar-refractivity contribution in [1.82, 2.24) is 15.1 Å². The van der Waals surface area contributed by atoms with Crippen LogP contribution in [-0.2, 0) is 6.54 Å². The van der Waals surface area contributed by atoms with E-state index in [-0.39, 0.29) is 5.91 Å². The highest BCUT2D eigenvalue weighted by atomic mass is 16.1. The van der Waals surface area contributed by atoms with Gasteiger partial charge < -0.3 is 10.6 Å². The molecule has 1 heterocycles. The highest BCUT2D eigenvalue weighted by molar-refractivity contribution is 5.94. The number of carbonyl (C=O) groups is 1. The molecule has 0 fully saturated rings. The minimum absolute atomic E-state index is 0.0600. The van der Waals surface area contributed by atoms with E-state index in [0.717, 1.165) is 12.2 Å². The van der Waals surface area contributed by atoms with Crippen LogP contribution in [0.2, 0.25) is 0 Å². The lowest BCUT2D eigenvalue weighted by Crippen LogP contribution is -2.27. The van der Waals surface area contributed by atoms with Crippen molar-refractivity contribution in [3.05, 3.63) is 48.3 Å². The molecule has 19 heavy (non-hydrogen) atoms. The molecule has 5 nitrogen and oxygen atoms in total. The molecule has 2 aromatic rings. The Morgan fingerprint density at radius 2 is 2.11 bits per heavy atom. The van der Waals surface area contributed by atoms with Crippen molar-refractivity contribution in [2.75, 3.05) is 18.4 Å². The van der Waals surface area contributed by atoms with Crippen molar-refractivity contribution in [2.24, 2.45) is 0 Å². The predicted molar refractivity (Wildman–Crippen MR) is 75.2 cm³/mol. The van der Waals surface area contributed by atoms with Crippen LogP contribution in [0.5, 0.6) is 0 Å². The zero-order valence-corrected chi connectivity index (χ0v) is 11.0. The van der Waals surface area contributed by atoms with Gasteiger partial charge in [0.25, 0.3) is 5.91 Å². The molecule has 0 saturated heterocycles. The summed E-state index contributed by atoms with van der Waals surface area (Å²) in [5.41, 5.74) is 1.69. The third-order valence-corrected chi connectivity index (χ3v) is 2.71. The summed E-state index contributed by atoms with van der Waals surface area (Å²) in [6.07, 6.45) is 3.60. The van der Waals surface area contributed by atoms with E-state index < -0.39 is 0 Å². The Kier molecular flexibility index (Phi) is 4.55. The minimum atomic E-state index is -0.0600. The number of rotatable bonds is 6. The van der Waals surface area contributed by atoms with Crippen LogP contribution in [0.15, 0.2) is 42.7 Å². The first kappa shape index (κ1) is 13.1. The van der Waals surface area contributed by atoms with Crippen LogP contribution in [0, 0.1) is 0 Å². The molecule has 0 spiro atoms. The summed E-state index contributed by atoms with van der Waals surface area (Å²) in [5, 5.41) is 10.1. The topological polar surface area (TPSA) is 59.0 Å². The lowest BCUT2D eigenvalue weighted by Gasteiger charge is -2.07. The van der Waals surface area contributed by atoms with Crippen LogP contribution in [0.4, 0.5) is 5.69 Å². The third kappa shape index (κ3) is 3.84. The summed E-state index contributed by atoms with van der Waals surface area (Å²) in [4.78, 5) is 11.9. The number of nitrogens with one attached hydrogen (secondary N) is 2. The fraction of sp³-hybridized carbons (Fsp3) is 0.286. The summed E-state index contributed by atoms with van der Waals surface area (Å²) >= 11 is 0. The second-order valence-corrected chi connectivity index (χ2v) is 4.13. The molecule has 100 valence electrons. The molecule has 0 radical (unpaired) electrons. The SMILES string of the molecule is CCNc1ccc(C(=O)NCCn2cccn2)cc1. The second-order valence-electron chi connectivity index (χ2n) is 4.13. The van der Waals surface area contributed by atoms with E-state index in [2.05, 4.69) is 15.7 Å². The summed E-state index contributed by atoms with van der Waals surface area (Å²) in [6.45, 7) is 4.15.